The van der Waals surface area contributed by atoms with E-state index in [0.29, 0.717) is 6.54 Å². The molecule has 0 fully saturated rings. The summed E-state index contributed by atoms with van der Waals surface area (Å²) >= 11 is 0. The van der Waals surface area contributed by atoms with E-state index in [1.807, 2.05) is 23.1 Å². The monoisotopic (exact) mass is 435 g/mol. The number of amides is 2. The summed E-state index contributed by atoms with van der Waals surface area (Å²) in [5.74, 6) is 0. The smallest absolute Gasteiger partial charge is 0.318 e. The van der Waals surface area contributed by atoms with Crippen LogP contribution in [-0.2, 0) is 13.0 Å². The highest BCUT2D eigenvalue weighted by Crippen LogP contribution is 2.37. The van der Waals surface area contributed by atoms with Crippen molar-refractivity contribution in [2.75, 3.05) is 5.32 Å². The van der Waals surface area contributed by atoms with Crippen LogP contribution >= 0.6 is 0 Å². The van der Waals surface area contributed by atoms with Gasteiger partial charge in [0.15, 0.2) is 0 Å². The number of hydrogen-bond acceptors (Lipinski definition) is 1. The average molecular weight is 436 g/mol. The first-order valence-corrected chi connectivity index (χ1v) is 11.5. The van der Waals surface area contributed by atoms with Crippen molar-refractivity contribution in [2.45, 2.75) is 39.8 Å². The van der Waals surface area contributed by atoms with Gasteiger partial charge < -0.3 is 14.8 Å². The quantitative estimate of drug-likeness (QED) is 0.378. The van der Waals surface area contributed by atoms with E-state index in [4.69, 9.17) is 0 Å². The van der Waals surface area contributed by atoms with E-state index in [9.17, 15) is 4.79 Å². The number of aryl methyl sites for hydroxylation is 3. The zero-order valence-corrected chi connectivity index (χ0v) is 19.4. The lowest BCUT2D eigenvalue weighted by molar-refractivity contribution is 0.194. The summed E-state index contributed by atoms with van der Waals surface area (Å²) in [5, 5.41) is 3.16. The van der Waals surface area contributed by atoms with E-state index in [-0.39, 0.29) is 12.1 Å². The SMILES string of the molecule is CCc1ccc(C2c3cccn3-c3ccccc3CN2C(=O)Nc2ccc(C)c(C)c2)cc1. The fraction of sp³-hybridized carbons (Fsp3) is 0.207. The lowest BCUT2D eigenvalue weighted by Crippen LogP contribution is -2.38. The summed E-state index contributed by atoms with van der Waals surface area (Å²) < 4.78 is 2.22. The van der Waals surface area contributed by atoms with Crippen molar-refractivity contribution in [2.24, 2.45) is 0 Å². The van der Waals surface area contributed by atoms with Crippen molar-refractivity contribution in [1.29, 1.82) is 0 Å². The predicted octanol–water partition coefficient (Wildman–Crippen LogP) is 6.79. The standard InChI is InChI=1S/C29H29N3O/c1-4-22-12-14-23(15-13-22)28-27-10-7-17-31(27)26-9-6-5-8-24(26)19-32(28)29(33)30-25-16-11-20(2)21(3)18-25/h5-18,28H,4,19H2,1-3H3,(H,30,33). The topological polar surface area (TPSA) is 37.3 Å². The molecule has 0 bridgehead atoms. The van der Waals surface area contributed by atoms with Crippen LogP contribution < -0.4 is 5.32 Å². The van der Waals surface area contributed by atoms with Crippen molar-refractivity contribution in [1.82, 2.24) is 9.47 Å². The van der Waals surface area contributed by atoms with Crippen LogP contribution in [-0.4, -0.2) is 15.5 Å². The van der Waals surface area contributed by atoms with Crippen LogP contribution in [0.2, 0.25) is 0 Å². The molecular weight excluding hydrogens is 406 g/mol. The highest BCUT2D eigenvalue weighted by molar-refractivity contribution is 5.90. The Morgan fingerprint density at radius 2 is 1.73 bits per heavy atom. The van der Waals surface area contributed by atoms with Crippen molar-refractivity contribution >= 4 is 11.7 Å². The first-order valence-electron chi connectivity index (χ1n) is 11.5. The van der Waals surface area contributed by atoms with Crippen LogP contribution in [0.4, 0.5) is 10.5 Å². The van der Waals surface area contributed by atoms with Crippen molar-refractivity contribution in [3.05, 3.63) is 119 Å². The molecule has 2 amide bonds. The molecule has 1 aromatic heterocycles. The Labute approximate surface area is 195 Å². The molecule has 4 aromatic rings. The molecule has 0 saturated heterocycles. The average Bonchev–Trinajstić information content (AvgIpc) is 3.26. The minimum Gasteiger partial charge on any atom is -0.318 e. The maximum atomic E-state index is 13.8. The number of carbonyl (C=O) groups is 1. The van der Waals surface area contributed by atoms with Crippen LogP contribution in [0.3, 0.4) is 0 Å². The molecule has 3 aromatic carbocycles. The highest BCUT2D eigenvalue weighted by Gasteiger charge is 2.33. The van der Waals surface area contributed by atoms with Gasteiger partial charge in [-0.15, -0.1) is 0 Å². The molecule has 0 spiro atoms. The zero-order chi connectivity index (χ0) is 22.9. The van der Waals surface area contributed by atoms with Gasteiger partial charge in [-0.05, 0) is 78.4 Å². The largest absolute Gasteiger partial charge is 0.322 e. The number of fused-ring (bicyclic) bond motifs is 3. The van der Waals surface area contributed by atoms with Gasteiger partial charge in [0, 0.05) is 17.6 Å². The number of nitrogens with zero attached hydrogens (tertiary/aromatic N) is 2. The molecule has 1 aliphatic heterocycles. The Morgan fingerprint density at radius 1 is 0.939 bits per heavy atom. The Balaban J connectivity index is 1.61. The van der Waals surface area contributed by atoms with E-state index < -0.39 is 0 Å². The molecule has 166 valence electrons. The summed E-state index contributed by atoms with van der Waals surface area (Å²) in [5.41, 5.74) is 8.91. The molecule has 1 N–H and O–H groups in total. The predicted molar refractivity (Wildman–Crippen MR) is 134 cm³/mol. The molecule has 1 unspecified atom stereocenters. The van der Waals surface area contributed by atoms with E-state index in [0.717, 1.165) is 40.2 Å². The van der Waals surface area contributed by atoms with Gasteiger partial charge in [0.2, 0.25) is 0 Å². The van der Waals surface area contributed by atoms with Gasteiger partial charge in [0.25, 0.3) is 0 Å². The lowest BCUT2D eigenvalue weighted by atomic mass is 10.00. The summed E-state index contributed by atoms with van der Waals surface area (Å²) in [7, 11) is 0. The molecule has 1 aliphatic rings. The number of urea groups is 1. The summed E-state index contributed by atoms with van der Waals surface area (Å²) in [6.07, 6.45) is 3.08. The number of carbonyl (C=O) groups excluding carboxylic acids is 1. The third kappa shape index (κ3) is 3.93. The number of para-hydroxylation sites is 1. The van der Waals surface area contributed by atoms with Crippen LogP contribution in [0.15, 0.2) is 85.1 Å². The van der Waals surface area contributed by atoms with Crippen LogP contribution in [0.5, 0.6) is 0 Å². The molecule has 0 aliphatic carbocycles. The fourth-order valence-electron chi connectivity index (χ4n) is 4.64. The number of hydrogen-bond donors (Lipinski definition) is 1. The van der Waals surface area contributed by atoms with Gasteiger partial charge in [-0.1, -0.05) is 55.5 Å². The van der Waals surface area contributed by atoms with Gasteiger partial charge in [0.05, 0.1) is 18.3 Å². The first-order chi connectivity index (χ1) is 16.0. The lowest BCUT2D eigenvalue weighted by Gasteiger charge is -2.31. The molecule has 1 atom stereocenters. The molecule has 5 rings (SSSR count). The van der Waals surface area contributed by atoms with E-state index >= 15 is 0 Å². The van der Waals surface area contributed by atoms with Crippen molar-refractivity contribution in [3.63, 3.8) is 0 Å². The minimum absolute atomic E-state index is 0.104. The Kier molecular flexibility index (Phi) is 5.51. The summed E-state index contributed by atoms with van der Waals surface area (Å²) in [6, 6.07) is 26.9. The van der Waals surface area contributed by atoms with Gasteiger partial charge in [0.1, 0.15) is 0 Å². The van der Waals surface area contributed by atoms with E-state index in [1.165, 1.54) is 11.1 Å². The third-order valence-electron chi connectivity index (χ3n) is 6.69. The second-order valence-corrected chi connectivity index (χ2v) is 8.79. The number of rotatable bonds is 3. The van der Waals surface area contributed by atoms with E-state index in [1.54, 1.807) is 0 Å². The second-order valence-electron chi connectivity index (χ2n) is 8.79. The van der Waals surface area contributed by atoms with Crippen LogP contribution in [0, 0.1) is 13.8 Å². The van der Waals surface area contributed by atoms with Gasteiger partial charge in [-0.25, -0.2) is 4.79 Å². The van der Waals surface area contributed by atoms with Gasteiger partial charge >= 0.3 is 6.03 Å². The fourth-order valence-corrected chi connectivity index (χ4v) is 4.64. The van der Waals surface area contributed by atoms with Crippen LogP contribution in [0.1, 0.15) is 46.5 Å². The summed E-state index contributed by atoms with van der Waals surface area (Å²) in [4.78, 5) is 15.7. The molecule has 4 heteroatoms. The molecular formula is C29H29N3O. The molecule has 4 nitrogen and oxygen atoms in total. The number of anilines is 1. The normalized spacial score (nSPS) is 14.9. The number of benzene rings is 3. The number of nitrogens with one attached hydrogen (secondary N) is 1. The minimum atomic E-state index is -0.204. The molecule has 0 saturated carbocycles. The zero-order valence-electron chi connectivity index (χ0n) is 19.4. The van der Waals surface area contributed by atoms with Gasteiger partial charge in [-0.2, -0.15) is 0 Å². The van der Waals surface area contributed by atoms with Crippen molar-refractivity contribution < 1.29 is 4.79 Å². The first kappa shape index (κ1) is 21.1. The van der Waals surface area contributed by atoms with Crippen LogP contribution in [0.25, 0.3) is 5.69 Å². The third-order valence-corrected chi connectivity index (χ3v) is 6.69. The summed E-state index contributed by atoms with van der Waals surface area (Å²) in [6.45, 7) is 6.83. The highest BCUT2D eigenvalue weighted by atomic mass is 16.2. The second kappa shape index (κ2) is 8.62. The molecule has 0 radical (unpaired) electrons. The maximum absolute atomic E-state index is 13.8. The molecule has 33 heavy (non-hydrogen) atoms. The van der Waals surface area contributed by atoms with Gasteiger partial charge in [-0.3, -0.25) is 0 Å². The Bertz CT molecular complexity index is 1300. The Hall–Kier alpha value is -3.79. The van der Waals surface area contributed by atoms with E-state index in [2.05, 4.69) is 97.5 Å². The number of aromatic nitrogens is 1. The van der Waals surface area contributed by atoms with Crippen molar-refractivity contribution in [3.8, 4) is 5.69 Å². The maximum Gasteiger partial charge on any atom is 0.322 e. The molecule has 2 heterocycles. The Morgan fingerprint density at radius 3 is 2.48 bits per heavy atom.